The van der Waals surface area contributed by atoms with E-state index in [0.29, 0.717) is 0 Å². The Morgan fingerprint density at radius 1 is 1.18 bits per heavy atom. The largest absolute Gasteiger partial charge is 0.378 e. The number of hydrogen-bond donors (Lipinski definition) is 2. The number of benzene rings is 1. The number of aryl methyl sites for hydroxylation is 4. The molecule has 1 aliphatic rings. The Morgan fingerprint density at radius 3 is 2.54 bits per heavy atom. The number of carbonyl (C=O) groups excluding carboxylic acids is 1. The van der Waals surface area contributed by atoms with Gasteiger partial charge in [-0.15, -0.1) is 0 Å². The van der Waals surface area contributed by atoms with Crippen molar-refractivity contribution in [2.75, 3.05) is 10.6 Å². The van der Waals surface area contributed by atoms with Gasteiger partial charge in [0.15, 0.2) is 5.65 Å². The zero-order valence-corrected chi connectivity index (χ0v) is 17.1. The van der Waals surface area contributed by atoms with Crippen LogP contribution in [-0.4, -0.2) is 15.3 Å². The molecular weight excluding hydrogens is 348 g/mol. The molecule has 2 aromatic heterocycles. The fraction of sp³-hybridized carbons (Fsp3) is 0.391. The third-order valence-corrected chi connectivity index (χ3v) is 6.04. The third kappa shape index (κ3) is 3.37. The van der Waals surface area contributed by atoms with E-state index < -0.39 is 0 Å². The summed E-state index contributed by atoms with van der Waals surface area (Å²) < 4.78 is 2.07. The van der Waals surface area contributed by atoms with E-state index in [2.05, 4.69) is 54.0 Å². The summed E-state index contributed by atoms with van der Waals surface area (Å²) in [7, 11) is 0. The first-order valence-corrected chi connectivity index (χ1v) is 10.0. The number of fused-ring (bicyclic) bond motifs is 1. The van der Waals surface area contributed by atoms with Crippen LogP contribution in [0, 0.1) is 33.6 Å². The van der Waals surface area contributed by atoms with Gasteiger partial charge in [0.05, 0.1) is 17.1 Å². The maximum Gasteiger partial charge on any atom is 0.227 e. The predicted octanol–water partition coefficient (Wildman–Crippen LogP) is 4.92. The Balaban J connectivity index is 1.67. The van der Waals surface area contributed by atoms with Gasteiger partial charge in [-0.3, -0.25) is 4.79 Å². The van der Waals surface area contributed by atoms with Gasteiger partial charge in [0, 0.05) is 24.4 Å². The van der Waals surface area contributed by atoms with Crippen LogP contribution in [0.2, 0.25) is 0 Å². The molecule has 2 heterocycles. The lowest BCUT2D eigenvalue weighted by Crippen LogP contribution is -2.28. The first kappa shape index (κ1) is 18.5. The average molecular weight is 377 g/mol. The molecule has 0 spiro atoms. The van der Waals surface area contributed by atoms with E-state index in [-0.39, 0.29) is 11.8 Å². The van der Waals surface area contributed by atoms with E-state index in [4.69, 9.17) is 4.98 Å². The minimum Gasteiger partial charge on any atom is -0.378 e. The first-order chi connectivity index (χ1) is 13.4. The van der Waals surface area contributed by atoms with Crippen LogP contribution in [0.5, 0.6) is 0 Å². The monoisotopic (exact) mass is 376 g/mol. The van der Waals surface area contributed by atoms with Gasteiger partial charge in [0.2, 0.25) is 5.91 Å². The van der Waals surface area contributed by atoms with Crippen LogP contribution >= 0.6 is 0 Å². The van der Waals surface area contributed by atoms with Gasteiger partial charge >= 0.3 is 0 Å². The number of nitrogens with zero attached hydrogens (tertiary/aromatic N) is 2. The molecule has 4 rings (SSSR count). The lowest BCUT2D eigenvalue weighted by Gasteiger charge is -2.24. The average Bonchev–Trinajstić information content (AvgIpc) is 2.88. The summed E-state index contributed by atoms with van der Waals surface area (Å²) in [4.78, 5) is 17.2. The number of rotatable bonds is 5. The lowest BCUT2D eigenvalue weighted by molar-refractivity contribution is -0.122. The molecule has 0 unspecified atom stereocenters. The summed E-state index contributed by atoms with van der Waals surface area (Å²) in [5.74, 6) is 0.285. The number of nitrogens with one attached hydrogen (secondary N) is 2. The zero-order chi connectivity index (χ0) is 19.8. The summed E-state index contributed by atoms with van der Waals surface area (Å²) in [5, 5.41) is 6.67. The van der Waals surface area contributed by atoms with Crippen LogP contribution in [0.3, 0.4) is 0 Å². The standard InChI is InChI=1S/C23H28N4O/c1-14-7-5-8-15(2)20(14)12-24-21-11-19(26-23(28)18-9-6-10-18)13-27-17(4)16(3)25-22(21)27/h5,7-8,11,13,18,24H,6,9-10,12H2,1-4H3,(H,26,28). The fourth-order valence-electron chi connectivity index (χ4n) is 3.80. The molecule has 28 heavy (non-hydrogen) atoms. The first-order valence-electron chi connectivity index (χ1n) is 10.0. The minimum atomic E-state index is 0.126. The Kier molecular flexibility index (Phi) is 4.84. The topological polar surface area (TPSA) is 58.4 Å². The van der Waals surface area contributed by atoms with Gasteiger partial charge in [0.25, 0.3) is 0 Å². The molecule has 0 aliphatic heterocycles. The van der Waals surface area contributed by atoms with Gasteiger partial charge in [-0.2, -0.15) is 0 Å². The highest BCUT2D eigenvalue weighted by Gasteiger charge is 2.25. The maximum absolute atomic E-state index is 12.4. The van der Waals surface area contributed by atoms with Crippen LogP contribution in [0.15, 0.2) is 30.5 Å². The molecule has 1 fully saturated rings. The van der Waals surface area contributed by atoms with Crippen LogP contribution in [0.4, 0.5) is 11.4 Å². The van der Waals surface area contributed by atoms with Crippen molar-refractivity contribution in [2.45, 2.75) is 53.5 Å². The van der Waals surface area contributed by atoms with Crippen molar-refractivity contribution in [3.05, 3.63) is 58.5 Å². The molecule has 5 heteroatoms. The second kappa shape index (κ2) is 7.30. The Hall–Kier alpha value is -2.82. The van der Waals surface area contributed by atoms with Gasteiger partial charge in [0.1, 0.15) is 0 Å². The molecule has 146 valence electrons. The quantitative estimate of drug-likeness (QED) is 0.664. The molecule has 1 saturated carbocycles. The Morgan fingerprint density at radius 2 is 1.89 bits per heavy atom. The molecule has 2 N–H and O–H groups in total. The van der Waals surface area contributed by atoms with Gasteiger partial charge in [-0.25, -0.2) is 4.98 Å². The van der Waals surface area contributed by atoms with Crippen LogP contribution in [0.25, 0.3) is 5.65 Å². The van der Waals surface area contributed by atoms with Crippen molar-refractivity contribution in [1.82, 2.24) is 9.38 Å². The van der Waals surface area contributed by atoms with Crippen LogP contribution in [-0.2, 0) is 11.3 Å². The van der Waals surface area contributed by atoms with Crippen molar-refractivity contribution < 1.29 is 4.79 Å². The normalized spacial score (nSPS) is 14.1. The van der Waals surface area contributed by atoms with Crippen molar-refractivity contribution in [3.8, 4) is 0 Å². The molecule has 1 aliphatic carbocycles. The van der Waals surface area contributed by atoms with Gasteiger partial charge < -0.3 is 15.0 Å². The Labute approximate surface area is 166 Å². The van der Waals surface area contributed by atoms with E-state index in [1.807, 2.05) is 19.2 Å². The highest BCUT2D eigenvalue weighted by molar-refractivity contribution is 5.94. The number of hydrogen-bond acceptors (Lipinski definition) is 3. The van der Waals surface area contributed by atoms with E-state index in [1.54, 1.807) is 0 Å². The smallest absolute Gasteiger partial charge is 0.227 e. The number of anilines is 2. The minimum absolute atomic E-state index is 0.126. The summed E-state index contributed by atoms with van der Waals surface area (Å²) in [6.07, 6.45) is 5.12. The lowest BCUT2D eigenvalue weighted by atomic mass is 9.85. The van der Waals surface area contributed by atoms with Gasteiger partial charge in [-0.1, -0.05) is 24.6 Å². The Bertz CT molecular complexity index is 1030. The third-order valence-electron chi connectivity index (χ3n) is 6.04. The highest BCUT2D eigenvalue weighted by Crippen LogP contribution is 2.29. The van der Waals surface area contributed by atoms with E-state index in [9.17, 15) is 4.79 Å². The number of carbonyl (C=O) groups is 1. The van der Waals surface area contributed by atoms with E-state index in [0.717, 1.165) is 54.2 Å². The molecule has 3 aromatic rings. The molecule has 0 radical (unpaired) electrons. The van der Waals surface area contributed by atoms with Crippen LogP contribution in [0.1, 0.15) is 47.3 Å². The summed E-state index contributed by atoms with van der Waals surface area (Å²) in [6.45, 7) is 9.07. The predicted molar refractivity (Wildman–Crippen MR) is 114 cm³/mol. The maximum atomic E-state index is 12.4. The molecule has 0 bridgehead atoms. The molecule has 0 saturated heterocycles. The van der Waals surface area contributed by atoms with Crippen molar-refractivity contribution in [3.63, 3.8) is 0 Å². The number of aromatic nitrogens is 2. The van der Waals surface area contributed by atoms with Crippen molar-refractivity contribution >= 4 is 22.9 Å². The number of imidazole rings is 1. The molecular formula is C23H28N4O. The second-order valence-corrected chi connectivity index (χ2v) is 7.96. The van der Waals surface area contributed by atoms with Crippen molar-refractivity contribution in [2.24, 2.45) is 5.92 Å². The second-order valence-electron chi connectivity index (χ2n) is 7.96. The highest BCUT2D eigenvalue weighted by atomic mass is 16.1. The molecule has 0 atom stereocenters. The van der Waals surface area contributed by atoms with Crippen molar-refractivity contribution in [1.29, 1.82) is 0 Å². The SMILES string of the molecule is Cc1cccc(C)c1CNc1cc(NC(=O)C2CCC2)cn2c(C)c(C)nc12. The summed E-state index contributed by atoms with van der Waals surface area (Å²) >= 11 is 0. The molecule has 1 aromatic carbocycles. The number of pyridine rings is 1. The molecule has 5 nitrogen and oxygen atoms in total. The van der Waals surface area contributed by atoms with E-state index >= 15 is 0 Å². The number of amides is 1. The van der Waals surface area contributed by atoms with Crippen LogP contribution < -0.4 is 10.6 Å². The van der Waals surface area contributed by atoms with Gasteiger partial charge in [-0.05, 0) is 63.3 Å². The summed E-state index contributed by atoms with van der Waals surface area (Å²) in [5.41, 5.74) is 8.57. The molecule has 1 amide bonds. The zero-order valence-electron chi connectivity index (χ0n) is 17.1. The van der Waals surface area contributed by atoms with E-state index in [1.165, 1.54) is 16.7 Å². The summed E-state index contributed by atoms with van der Waals surface area (Å²) in [6, 6.07) is 8.37. The fourth-order valence-corrected chi connectivity index (χ4v) is 3.80.